The van der Waals surface area contributed by atoms with Gasteiger partial charge in [0, 0.05) is 12.0 Å². The van der Waals surface area contributed by atoms with Gasteiger partial charge in [-0.1, -0.05) is 28.4 Å². The third kappa shape index (κ3) is 5.98. The molecular weight excluding hydrogens is 417 g/mol. The first-order valence-electron chi connectivity index (χ1n) is 9.15. The molecule has 1 aliphatic carbocycles. The fourth-order valence-corrected chi connectivity index (χ4v) is 3.74. The number of carbonyl (C=O) groups excluding carboxylic acids is 1. The first kappa shape index (κ1) is 21.2. The van der Waals surface area contributed by atoms with Gasteiger partial charge in [0.05, 0.1) is 18.9 Å². The Balaban J connectivity index is 1.93. The number of ether oxygens (including phenoxy) is 2. The molecule has 7 nitrogen and oxygen atoms in total. The predicted octanol–water partition coefficient (Wildman–Crippen LogP) is 4.76. The lowest BCUT2D eigenvalue weighted by Gasteiger charge is -2.17. The number of hydrogen-bond donors (Lipinski definition) is 1. The summed E-state index contributed by atoms with van der Waals surface area (Å²) in [5.41, 5.74) is 6.96. The fourth-order valence-electron chi connectivity index (χ4n) is 3.23. The maximum atomic E-state index is 11.1. The lowest BCUT2D eigenvalue weighted by atomic mass is 10.0. The molecule has 29 heavy (non-hydrogen) atoms. The molecule has 0 spiro atoms. The molecule has 9 heteroatoms. The van der Waals surface area contributed by atoms with Crippen molar-refractivity contribution in [2.24, 2.45) is 10.9 Å². The molecule has 0 aliphatic heterocycles. The summed E-state index contributed by atoms with van der Waals surface area (Å²) < 4.78 is 11.6. The van der Waals surface area contributed by atoms with E-state index in [-0.39, 0.29) is 22.8 Å². The number of rotatable bonds is 7. The fraction of sp³-hybridized carbons (Fsp3) is 0.350. The molecule has 2 aromatic rings. The van der Waals surface area contributed by atoms with Gasteiger partial charge in [-0.25, -0.2) is 9.78 Å². The number of carbonyl (C=O) groups is 1. The van der Waals surface area contributed by atoms with Crippen molar-refractivity contribution in [1.29, 1.82) is 0 Å². The predicted molar refractivity (Wildman–Crippen MR) is 111 cm³/mol. The number of halogens is 2. The highest BCUT2D eigenvalue weighted by molar-refractivity contribution is 6.32. The topological polar surface area (TPSA) is 96.0 Å². The summed E-state index contributed by atoms with van der Waals surface area (Å²) >= 11 is 12.0. The summed E-state index contributed by atoms with van der Waals surface area (Å²) in [4.78, 5) is 19.7. The van der Waals surface area contributed by atoms with Crippen LogP contribution in [0, 0.1) is 0 Å². The van der Waals surface area contributed by atoms with Crippen LogP contribution in [0.1, 0.15) is 36.8 Å². The van der Waals surface area contributed by atoms with Crippen molar-refractivity contribution in [1.82, 2.24) is 4.98 Å². The lowest BCUT2D eigenvalue weighted by molar-refractivity contribution is 0.161. The number of oxime groups is 1. The van der Waals surface area contributed by atoms with Crippen LogP contribution in [-0.4, -0.2) is 30.0 Å². The number of nitrogens with two attached hydrogens (primary N) is 1. The van der Waals surface area contributed by atoms with Gasteiger partial charge in [-0.2, -0.15) is 0 Å². The molecular formula is C20H21Cl2N3O4. The number of methoxy groups -OCH3 is 1. The van der Waals surface area contributed by atoms with Crippen LogP contribution < -0.4 is 15.2 Å². The number of amides is 1. The standard InChI is InChI=1S/C20H21Cl2N3O4/c1-27-16-7-6-13(11-17(16)28-14-4-2-3-5-14)15(25-29-20(23)26)8-12-9-18(21)24-19(22)10-12/h6-7,9-11,14H,2-5,8H2,1H3,(H2,23,26)/b25-15-. The van der Waals surface area contributed by atoms with Crippen molar-refractivity contribution in [3.63, 3.8) is 0 Å². The first-order valence-corrected chi connectivity index (χ1v) is 9.90. The van der Waals surface area contributed by atoms with Gasteiger partial charge < -0.3 is 15.2 Å². The quantitative estimate of drug-likeness (QED) is 0.291. The first-order chi connectivity index (χ1) is 13.9. The number of hydrogen-bond acceptors (Lipinski definition) is 6. The average Bonchev–Trinajstić information content (AvgIpc) is 3.17. The van der Waals surface area contributed by atoms with Gasteiger partial charge in [0.1, 0.15) is 10.3 Å². The molecule has 1 amide bonds. The molecule has 1 aliphatic rings. The van der Waals surface area contributed by atoms with Crippen LogP contribution in [0.5, 0.6) is 11.5 Å². The van der Waals surface area contributed by atoms with E-state index in [4.69, 9.17) is 43.2 Å². The molecule has 1 aromatic heterocycles. The highest BCUT2D eigenvalue weighted by atomic mass is 35.5. The minimum Gasteiger partial charge on any atom is -0.493 e. The molecule has 154 valence electrons. The summed E-state index contributed by atoms with van der Waals surface area (Å²) in [5, 5.41) is 4.42. The number of primary amides is 1. The molecule has 1 fully saturated rings. The monoisotopic (exact) mass is 437 g/mol. The molecule has 1 aromatic carbocycles. The van der Waals surface area contributed by atoms with E-state index in [2.05, 4.69) is 10.1 Å². The largest absolute Gasteiger partial charge is 0.493 e. The zero-order valence-electron chi connectivity index (χ0n) is 15.9. The zero-order chi connectivity index (χ0) is 20.8. The van der Waals surface area contributed by atoms with E-state index >= 15 is 0 Å². The minimum atomic E-state index is -1.01. The highest BCUT2D eigenvalue weighted by Crippen LogP contribution is 2.33. The molecule has 0 radical (unpaired) electrons. The molecule has 1 saturated carbocycles. The van der Waals surface area contributed by atoms with Gasteiger partial charge in [0.25, 0.3) is 0 Å². The van der Waals surface area contributed by atoms with Crippen molar-refractivity contribution in [2.45, 2.75) is 38.2 Å². The second kappa shape index (κ2) is 9.80. The normalized spacial score (nSPS) is 14.7. The number of benzene rings is 1. The van der Waals surface area contributed by atoms with Crippen LogP contribution >= 0.6 is 23.2 Å². The van der Waals surface area contributed by atoms with Crippen LogP contribution in [-0.2, 0) is 11.3 Å². The van der Waals surface area contributed by atoms with Crippen molar-refractivity contribution >= 4 is 35.0 Å². The lowest BCUT2D eigenvalue weighted by Crippen LogP contribution is -2.15. The second-order valence-electron chi connectivity index (χ2n) is 6.64. The second-order valence-corrected chi connectivity index (χ2v) is 7.41. The van der Waals surface area contributed by atoms with Gasteiger partial charge in [0.2, 0.25) is 0 Å². The van der Waals surface area contributed by atoms with E-state index in [0.29, 0.717) is 22.8 Å². The average molecular weight is 438 g/mol. The smallest absolute Gasteiger partial charge is 0.430 e. The molecule has 3 rings (SSSR count). The molecule has 0 unspecified atom stereocenters. The maximum Gasteiger partial charge on any atom is 0.430 e. The molecule has 0 bridgehead atoms. The van der Waals surface area contributed by atoms with Crippen LogP contribution in [0.15, 0.2) is 35.5 Å². The Bertz CT molecular complexity index is 894. The molecule has 1 heterocycles. The van der Waals surface area contributed by atoms with Gasteiger partial charge in [-0.05, 0) is 61.6 Å². The third-order valence-electron chi connectivity index (χ3n) is 4.53. The van der Waals surface area contributed by atoms with Crippen LogP contribution in [0.3, 0.4) is 0 Å². The number of nitrogens with zero attached hydrogens (tertiary/aromatic N) is 2. The van der Waals surface area contributed by atoms with E-state index in [1.165, 1.54) is 0 Å². The maximum absolute atomic E-state index is 11.1. The molecule has 0 saturated heterocycles. The number of pyridine rings is 1. The van der Waals surface area contributed by atoms with Gasteiger partial charge >= 0.3 is 6.09 Å². The summed E-state index contributed by atoms with van der Waals surface area (Å²) in [6.07, 6.45) is 3.73. The van der Waals surface area contributed by atoms with Crippen molar-refractivity contribution in [3.05, 3.63) is 51.8 Å². The van der Waals surface area contributed by atoms with E-state index < -0.39 is 6.09 Å². The highest BCUT2D eigenvalue weighted by Gasteiger charge is 2.20. The van der Waals surface area contributed by atoms with Crippen molar-refractivity contribution in [2.75, 3.05) is 7.11 Å². The van der Waals surface area contributed by atoms with Crippen LogP contribution in [0.2, 0.25) is 10.3 Å². The van der Waals surface area contributed by atoms with Crippen LogP contribution in [0.4, 0.5) is 4.79 Å². The van der Waals surface area contributed by atoms with Gasteiger partial charge in [-0.3, -0.25) is 4.84 Å². The Morgan fingerprint density at radius 2 is 1.86 bits per heavy atom. The van der Waals surface area contributed by atoms with Crippen molar-refractivity contribution < 1.29 is 19.1 Å². The Labute approximate surface area is 178 Å². The summed E-state index contributed by atoms with van der Waals surface area (Å²) in [6, 6.07) is 8.71. The Morgan fingerprint density at radius 3 is 2.48 bits per heavy atom. The van der Waals surface area contributed by atoms with E-state index in [1.54, 1.807) is 31.4 Å². The van der Waals surface area contributed by atoms with E-state index in [1.807, 2.05) is 6.07 Å². The summed E-state index contributed by atoms with van der Waals surface area (Å²) in [6.45, 7) is 0. The minimum absolute atomic E-state index is 0.152. The Hall–Kier alpha value is -2.51. The number of aromatic nitrogens is 1. The van der Waals surface area contributed by atoms with E-state index in [0.717, 1.165) is 31.2 Å². The molecule has 2 N–H and O–H groups in total. The van der Waals surface area contributed by atoms with Gasteiger partial charge in [-0.15, -0.1) is 0 Å². The van der Waals surface area contributed by atoms with E-state index in [9.17, 15) is 4.79 Å². The summed E-state index contributed by atoms with van der Waals surface area (Å²) in [5.74, 6) is 1.22. The molecule has 0 atom stereocenters. The van der Waals surface area contributed by atoms with Gasteiger partial charge in [0.15, 0.2) is 11.5 Å². The summed E-state index contributed by atoms with van der Waals surface area (Å²) in [7, 11) is 1.59. The Kier molecular flexibility index (Phi) is 7.17. The third-order valence-corrected chi connectivity index (χ3v) is 4.92. The van der Waals surface area contributed by atoms with Crippen molar-refractivity contribution in [3.8, 4) is 11.5 Å². The zero-order valence-corrected chi connectivity index (χ0v) is 17.4. The Morgan fingerprint density at radius 1 is 1.17 bits per heavy atom. The van der Waals surface area contributed by atoms with Crippen LogP contribution in [0.25, 0.3) is 0 Å². The SMILES string of the molecule is COc1ccc(/C(Cc2cc(Cl)nc(Cl)c2)=N\OC(N)=O)cc1OC1CCCC1.